The van der Waals surface area contributed by atoms with E-state index in [1.807, 2.05) is 25.1 Å². The summed E-state index contributed by atoms with van der Waals surface area (Å²) in [6, 6.07) is 14.3. The lowest BCUT2D eigenvalue weighted by Crippen LogP contribution is -2.38. The van der Waals surface area contributed by atoms with E-state index >= 15 is 0 Å². The average molecular weight is 527 g/mol. The van der Waals surface area contributed by atoms with Crippen molar-refractivity contribution in [3.8, 4) is 17.2 Å². The molecule has 7 heteroatoms. The molecule has 6 nitrogen and oxygen atoms in total. The van der Waals surface area contributed by atoms with Gasteiger partial charge < -0.3 is 24.8 Å². The molecule has 2 N–H and O–H groups in total. The molecule has 0 radical (unpaired) electrons. The molecule has 0 fully saturated rings. The van der Waals surface area contributed by atoms with E-state index in [2.05, 4.69) is 39.9 Å². The fourth-order valence-electron chi connectivity index (χ4n) is 2.98. The van der Waals surface area contributed by atoms with Crippen molar-refractivity contribution in [1.82, 2.24) is 10.6 Å². The molecule has 0 saturated carbocycles. The Kier molecular flexibility index (Phi) is 12.7. The second kappa shape index (κ2) is 14.8. The first-order valence-electron chi connectivity index (χ1n) is 10.1. The smallest absolute Gasteiger partial charge is 0.190 e. The van der Waals surface area contributed by atoms with Crippen LogP contribution >= 0.6 is 24.0 Å². The Morgan fingerprint density at radius 2 is 1.57 bits per heavy atom. The second-order valence-corrected chi connectivity index (χ2v) is 6.55. The molecule has 0 saturated heterocycles. The standard InChI is InChI=1S/C23H33N3O3.HI/c1-5-29-22-17-19(10-13-21(22)28-4)7-6-15-25-23(24-2)26-16-14-18-8-11-20(27-3)12-9-18;/h8-13,17H,5-7,14-16H2,1-4H3,(H2,24,25,26);1H. The van der Waals surface area contributed by atoms with E-state index in [1.165, 1.54) is 11.1 Å². The number of benzene rings is 2. The van der Waals surface area contributed by atoms with E-state index in [4.69, 9.17) is 14.2 Å². The first kappa shape index (κ1) is 25.9. The minimum absolute atomic E-state index is 0. The van der Waals surface area contributed by atoms with Crippen LogP contribution in [0.25, 0.3) is 0 Å². The maximum atomic E-state index is 5.65. The number of halogens is 1. The summed E-state index contributed by atoms with van der Waals surface area (Å²) in [5.41, 5.74) is 2.50. The van der Waals surface area contributed by atoms with Crippen LogP contribution in [0.5, 0.6) is 17.2 Å². The van der Waals surface area contributed by atoms with Gasteiger partial charge in [-0.3, -0.25) is 4.99 Å². The molecule has 0 atom stereocenters. The molecule has 0 amide bonds. The third-order valence-corrected chi connectivity index (χ3v) is 4.55. The van der Waals surface area contributed by atoms with Gasteiger partial charge >= 0.3 is 0 Å². The number of hydrogen-bond donors (Lipinski definition) is 2. The topological polar surface area (TPSA) is 64.1 Å². The molecule has 2 aromatic rings. The van der Waals surface area contributed by atoms with E-state index in [0.29, 0.717) is 6.61 Å². The Balaban J connectivity index is 0.00000450. The molecule has 2 aromatic carbocycles. The molecule has 2 rings (SSSR count). The van der Waals surface area contributed by atoms with Gasteiger partial charge in [-0.1, -0.05) is 18.2 Å². The lowest BCUT2D eigenvalue weighted by Gasteiger charge is -2.13. The summed E-state index contributed by atoms with van der Waals surface area (Å²) in [7, 11) is 5.13. The van der Waals surface area contributed by atoms with Gasteiger partial charge in [0.25, 0.3) is 0 Å². The Hall–Kier alpha value is -2.16. The fourth-order valence-corrected chi connectivity index (χ4v) is 2.98. The highest BCUT2D eigenvalue weighted by molar-refractivity contribution is 14.0. The number of methoxy groups -OCH3 is 2. The fraction of sp³-hybridized carbons (Fsp3) is 0.435. The summed E-state index contributed by atoms with van der Waals surface area (Å²) in [6.45, 7) is 4.27. The summed E-state index contributed by atoms with van der Waals surface area (Å²) in [5, 5.41) is 6.73. The summed E-state index contributed by atoms with van der Waals surface area (Å²) in [6.07, 6.45) is 2.88. The van der Waals surface area contributed by atoms with Crippen molar-refractivity contribution < 1.29 is 14.2 Å². The summed E-state index contributed by atoms with van der Waals surface area (Å²) >= 11 is 0. The van der Waals surface area contributed by atoms with Gasteiger partial charge in [0.1, 0.15) is 5.75 Å². The van der Waals surface area contributed by atoms with Gasteiger partial charge in [0.2, 0.25) is 0 Å². The van der Waals surface area contributed by atoms with Crippen LogP contribution in [0, 0.1) is 0 Å². The van der Waals surface area contributed by atoms with Gasteiger partial charge in [0.05, 0.1) is 20.8 Å². The van der Waals surface area contributed by atoms with Gasteiger partial charge in [-0.25, -0.2) is 0 Å². The normalized spacial score (nSPS) is 10.7. The highest BCUT2D eigenvalue weighted by Crippen LogP contribution is 2.28. The predicted molar refractivity (Wildman–Crippen MR) is 134 cm³/mol. The zero-order chi connectivity index (χ0) is 20.9. The molecule has 0 spiro atoms. The summed E-state index contributed by atoms with van der Waals surface area (Å²) < 4.78 is 16.2. The average Bonchev–Trinajstić information content (AvgIpc) is 2.76. The van der Waals surface area contributed by atoms with Crippen molar-refractivity contribution in [2.75, 3.05) is 41.0 Å². The molecule has 0 aliphatic heterocycles. The quantitative estimate of drug-likeness (QED) is 0.200. The van der Waals surface area contributed by atoms with E-state index in [0.717, 1.165) is 55.6 Å². The van der Waals surface area contributed by atoms with Gasteiger partial charge in [-0.05, 0) is 61.6 Å². The Morgan fingerprint density at radius 1 is 0.867 bits per heavy atom. The highest BCUT2D eigenvalue weighted by atomic mass is 127. The van der Waals surface area contributed by atoms with Crippen LogP contribution in [-0.4, -0.2) is 46.9 Å². The number of nitrogens with zero attached hydrogens (tertiary/aromatic N) is 1. The van der Waals surface area contributed by atoms with Gasteiger partial charge in [0, 0.05) is 20.1 Å². The van der Waals surface area contributed by atoms with Gasteiger partial charge in [-0.15, -0.1) is 24.0 Å². The number of aryl methyl sites for hydroxylation is 1. The van der Waals surface area contributed by atoms with Crippen molar-refractivity contribution in [2.24, 2.45) is 4.99 Å². The van der Waals surface area contributed by atoms with Crippen molar-refractivity contribution in [3.63, 3.8) is 0 Å². The Labute approximate surface area is 197 Å². The molecular formula is C23H34IN3O3. The minimum atomic E-state index is 0. The second-order valence-electron chi connectivity index (χ2n) is 6.55. The molecule has 0 unspecified atom stereocenters. The van der Waals surface area contributed by atoms with E-state index in [9.17, 15) is 0 Å². The van der Waals surface area contributed by atoms with Crippen LogP contribution in [0.1, 0.15) is 24.5 Å². The third-order valence-electron chi connectivity index (χ3n) is 4.55. The van der Waals surface area contributed by atoms with Crippen LogP contribution in [0.2, 0.25) is 0 Å². The SMILES string of the molecule is CCOc1cc(CCCNC(=NC)NCCc2ccc(OC)cc2)ccc1OC.I. The number of aliphatic imine (C=N–C) groups is 1. The summed E-state index contributed by atoms with van der Waals surface area (Å²) in [5.74, 6) is 3.28. The first-order chi connectivity index (χ1) is 14.2. The van der Waals surface area contributed by atoms with Crippen molar-refractivity contribution >= 4 is 29.9 Å². The molecule has 0 aliphatic carbocycles. The lowest BCUT2D eigenvalue weighted by atomic mass is 10.1. The van der Waals surface area contributed by atoms with Gasteiger partial charge in [0.15, 0.2) is 17.5 Å². The maximum absolute atomic E-state index is 5.65. The molecule has 0 aliphatic rings. The molecule has 30 heavy (non-hydrogen) atoms. The van der Waals surface area contributed by atoms with E-state index in [-0.39, 0.29) is 24.0 Å². The van der Waals surface area contributed by atoms with Crippen LogP contribution in [0.4, 0.5) is 0 Å². The molecular weight excluding hydrogens is 493 g/mol. The number of rotatable bonds is 11. The number of guanidine groups is 1. The van der Waals surface area contributed by atoms with E-state index < -0.39 is 0 Å². The maximum Gasteiger partial charge on any atom is 0.190 e. The Bertz CT molecular complexity index is 767. The number of ether oxygens (including phenoxy) is 3. The van der Waals surface area contributed by atoms with E-state index in [1.54, 1.807) is 21.3 Å². The largest absolute Gasteiger partial charge is 0.497 e. The van der Waals surface area contributed by atoms with Crippen molar-refractivity contribution in [1.29, 1.82) is 0 Å². The van der Waals surface area contributed by atoms with Crippen LogP contribution in [0.3, 0.4) is 0 Å². The molecule has 0 heterocycles. The Morgan fingerprint density at radius 3 is 2.20 bits per heavy atom. The monoisotopic (exact) mass is 527 g/mol. The minimum Gasteiger partial charge on any atom is -0.497 e. The van der Waals surface area contributed by atoms with Crippen molar-refractivity contribution in [3.05, 3.63) is 53.6 Å². The zero-order valence-electron chi connectivity index (χ0n) is 18.4. The summed E-state index contributed by atoms with van der Waals surface area (Å²) in [4.78, 5) is 4.29. The number of nitrogens with one attached hydrogen (secondary N) is 2. The zero-order valence-corrected chi connectivity index (χ0v) is 20.7. The molecule has 0 bridgehead atoms. The van der Waals surface area contributed by atoms with Crippen LogP contribution in [0.15, 0.2) is 47.5 Å². The van der Waals surface area contributed by atoms with Crippen LogP contribution in [-0.2, 0) is 12.8 Å². The predicted octanol–water partition coefficient (Wildman–Crippen LogP) is 4.06. The molecule has 166 valence electrons. The van der Waals surface area contributed by atoms with Gasteiger partial charge in [-0.2, -0.15) is 0 Å². The molecule has 0 aromatic heterocycles. The highest BCUT2D eigenvalue weighted by Gasteiger charge is 2.05. The van der Waals surface area contributed by atoms with Crippen LogP contribution < -0.4 is 24.8 Å². The first-order valence-corrected chi connectivity index (χ1v) is 10.1. The lowest BCUT2D eigenvalue weighted by molar-refractivity contribution is 0.310. The number of hydrogen-bond acceptors (Lipinski definition) is 4. The van der Waals surface area contributed by atoms with Crippen molar-refractivity contribution in [2.45, 2.75) is 26.2 Å². The third kappa shape index (κ3) is 8.69.